The van der Waals surface area contributed by atoms with Crippen LogP contribution >= 0.6 is 0 Å². The van der Waals surface area contributed by atoms with Crippen LogP contribution in [0.4, 0.5) is 0 Å². The zero-order valence-electron chi connectivity index (χ0n) is 10.4. The molecular formula is C14H15NO3. The number of carbonyl (C=O) groups is 1. The van der Waals surface area contributed by atoms with E-state index in [4.69, 9.17) is 9.63 Å². The number of carboxylic acid groups (broad SMARTS) is 1. The monoisotopic (exact) mass is 245 g/mol. The number of nitrogens with zero attached hydrogens (tertiary/aromatic N) is 1. The Bertz CT molecular complexity index is 555. The molecule has 2 rings (SSSR count). The molecule has 0 unspecified atom stereocenters. The highest BCUT2D eigenvalue weighted by Crippen LogP contribution is 2.25. The summed E-state index contributed by atoms with van der Waals surface area (Å²) in [7, 11) is 0. The van der Waals surface area contributed by atoms with Gasteiger partial charge in [0.1, 0.15) is 17.0 Å². The summed E-state index contributed by atoms with van der Waals surface area (Å²) in [5.41, 5.74) is 2.53. The molecule has 0 saturated carbocycles. The van der Waals surface area contributed by atoms with E-state index in [1.807, 2.05) is 24.3 Å². The number of hydrogen-bond donors (Lipinski definition) is 1. The molecule has 0 amide bonds. The third-order valence-corrected chi connectivity index (χ3v) is 2.84. The molecule has 1 heterocycles. The fourth-order valence-corrected chi connectivity index (χ4v) is 1.94. The lowest BCUT2D eigenvalue weighted by atomic mass is 10.0. The Balaban J connectivity index is 2.40. The summed E-state index contributed by atoms with van der Waals surface area (Å²) in [6.07, 6.45) is 2.10. The van der Waals surface area contributed by atoms with Crippen LogP contribution in [0, 0.1) is 6.92 Å². The number of aromatic carboxylic acids is 1. The molecule has 0 aliphatic carbocycles. The maximum absolute atomic E-state index is 11.1. The minimum Gasteiger partial charge on any atom is -0.477 e. The van der Waals surface area contributed by atoms with Crippen molar-refractivity contribution in [2.45, 2.75) is 26.7 Å². The number of carboxylic acids is 1. The van der Waals surface area contributed by atoms with E-state index in [1.54, 1.807) is 6.92 Å². The Kier molecular flexibility index (Phi) is 3.46. The molecule has 1 N–H and O–H groups in total. The Hall–Kier alpha value is -2.10. The second-order valence-corrected chi connectivity index (χ2v) is 4.21. The molecule has 0 spiro atoms. The Morgan fingerprint density at radius 2 is 2.00 bits per heavy atom. The van der Waals surface area contributed by atoms with Crippen LogP contribution in [-0.2, 0) is 6.42 Å². The van der Waals surface area contributed by atoms with Gasteiger partial charge in [0, 0.05) is 5.56 Å². The fraction of sp³-hybridized carbons (Fsp3) is 0.286. The molecule has 0 radical (unpaired) electrons. The summed E-state index contributed by atoms with van der Waals surface area (Å²) in [6, 6.07) is 7.76. The summed E-state index contributed by atoms with van der Waals surface area (Å²) >= 11 is 0. The lowest BCUT2D eigenvalue weighted by Gasteiger charge is -2.01. The molecule has 0 aliphatic rings. The van der Waals surface area contributed by atoms with Crippen molar-refractivity contribution < 1.29 is 14.4 Å². The van der Waals surface area contributed by atoms with Crippen molar-refractivity contribution in [3.8, 4) is 11.3 Å². The largest absolute Gasteiger partial charge is 0.477 e. The molecule has 0 atom stereocenters. The average molecular weight is 245 g/mol. The van der Waals surface area contributed by atoms with Gasteiger partial charge >= 0.3 is 5.97 Å². The summed E-state index contributed by atoms with van der Waals surface area (Å²) < 4.78 is 4.96. The van der Waals surface area contributed by atoms with E-state index in [2.05, 4.69) is 12.1 Å². The van der Waals surface area contributed by atoms with Crippen molar-refractivity contribution in [3.05, 3.63) is 41.2 Å². The Morgan fingerprint density at radius 1 is 1.33 bits per heavy atom. The van der Waals surface area contributed by atoms with E-state index in [0.717, 1.165) is 18.4 Å². The smallest absolute Gasteiger partial charge is 0.341 e. The van der Waals surface area contributed by atoms with Crippen LogP contribution in [-0.4, -0.2) is 16.2 Å². The van der Waals surface area contributed by atoms with Gasteiger partial charge in [-0.2, -0.15) is 0 Å². The second-order valence-electron chi connectivity index (χ2n) is 4.21. The Morgan fingerprint density at radius 3 is 2.56 bits per heavy atom. The molecule has 0 aliphatic heterocycles. The first-order valence-corrected chi connectivity index (χ1v) is 5.92. The molecule has 0 saturated heterocycles. The molecule has 18 heavy (non-hydrogen) atoms. The standard InChI is InChI=1S/C14H15NO3/c1-3-4-10-5-7-11(8-6-10)13-12(14(16)17)9(2)18-15-13/h5-8H,3-4H2,1-2H3,(H,16,17). The molecule has 0 fully saturated rings. The van der Waals surface area contributed by atoms with Crippen molar-refractivity contribution in [1.29, 1.82) is 0 Å². The third-order valence-electron chi connectivity index (χ3n) is 2.84. The molecule has 4 heteroatoms. The van der Waals surface area contributed by atoms with Crippen molar-refractivity contribution in [2.24, 2.45) is 0 Å². The molecule has 1 aromatic carbocycles. The molecule has 2 aromatic rings. The predicted molar refractivity (Wildman–Crippen MR) is 67.6 cm³/mol. The maximum atomic E-state index is 11.1. The summed E-state index contributed by atoms with van der Waals surface area (Å²) in [5.74, 6) is -0.684. The Labute approximate surface area is 105 Å². The van der Waals surface area contributed by atoms with Gasteiger partial charge in [0.05, 0.1) is 0 Å². The zero-order chi connectivity index (χ0) is 13.1. The van der Waals surface area contributed by atoms with E-state index in [9.17, 15) is 4.79 Å². The van der Waals surface area contributed by atoms with Crippen LogP contribution < -0.4 is 0 Å². The minimum absolute atomic E-state index is 0.137. The third kappa shape index (κ3) is 2.27. The van der Waals surface area contributed by atoms with Crippen LogP contribution in [0.25, 0.3) is 11.3 Å². The van der Waals surface area contributed by atoms with Crippen molar-refractivity contribution in [1.82, 2.24) is 5.16 Å². The van der Waals surface area contributed by atoms with Crippen LogP contribution in [0.1, 0.15) is 35.0 Å². The number of rotatable bonds is 4. The zero-order valence-corrected chi connectivity index (χ0v) is 10.4. The van der Waals surface area contributed by atoms with Gasteiger partial charge in [-0.3, -0.25) is 0 Å². The van der Waals surface area contributed by atoms with Gasteiger partial charge in [0.15, 0.2) is 0 Å². The fourth-order valence-electron chi connectivity index (χ4n) is 1.94. The molecule has 1 aromatic heterocycles. The highest BCUT2D eigenvalue weighted by molar-refractivity contribution is 5.95. The first-order chi connectivity index (χ1) is 8.63. The second kappa shape index (κ2) is 5.04. The highest BCUT2D eigenvalue weighted by atomic mass is 16.5. The van der Waals surface area contributed by atoms with Gasteiger partial charge in [0.2, 0.25) is 0 Å². The van der Waals surface area contributed by atoms with E-state index in [-0.39, 0.29) is 5.56 Å². The minimum atomic E-state index is -1.01. The number of aryl methyl sites for hydroxylation is 2. The molecular weight excluding hydrogens is 230 g/mol. The predicted octanol–water partition coefficient (Wildman–Crippen LogP) is 3.30. The summed E-state index contributed by atoms with van der Waals surface area (Å²) in [5, 5.41) is 13.0. The van der Waals surface area contributed by atoms with Crippen LogP contribution in [0.15, 0.2) is 28.8 Å². The van der Waals surface area contributed by atoms with E-state index in [0.29, 0.717) is 11.5 Å². The van der Waals surface area contributed by atoms with Gasteiger partial charge in [-0.25, -0.2) is 4.79 Å². The SMILES string of the molecule is CCCc1ccc(-c2noc(C)c2C(=O)O)cc1. The number of benzene rings is 1. The summed E-state index contributed by atoms with van der Waals surface area (Å²) in [6.45, 7) is 3.73. The van der Waals surface area contributed by atoms with E-state index in [1.165, 1.54) is 5.56 Å². The van der Waals surface area contributed by atoms with Gasteiger partial charge < -0.3 is 9.63 Å². The molecule has 0 bridgehead atoms. The summed E-state index contributed by atoms with van der Waals surface area (Å²) in [4.78, 5) is 11.1. The van der Waals surface area contributed by atoms with Crippen LogP contribution in [0.3, 0.4) is 0 Å². The van der Waals surface area contributed by atoms with Gasteiger partial charge in [-0.15, -0.1) is 0 Å². The van der Waals surface area contributed by atoms with Crippen LogP contribution in [0.5, 0.6) is 0 Å². The first-order valence-electron chi connectivity index (χ1n) is 5.92. The van der Waals surface area contributed by atoms with Crippen LogP contribution in [0.2, 0.25) is 0 Å². The number of hydrogen-bond acceptors (Lipinski definition) is 3. The first kappa shape index (κ1) is 12.4. The number of aromatic nitrogens is 1. The van der Waals surface area contributed by atoms with E-state index >= 15 is 0 Å². The van der Waals surface area contributed by atoms with Crippen molar-refractivity contribution in [3.63, 3.8) is 0 Å². The normalized spacial score (nSPS) is 10.6. The van der Waals surface area contributed by atoms with Gasteiger partial charge in [-0.05, 0) is 18.9 Å². The van der Waals surface area contributed by atoms with Gasteiger partial charge in [0.25, 0.3) is 0 Å². The maximum Gasteiger partial charge on any atom is 0.341 e. The molecule has 94 valence electrons. The highest BCUT2D eigenvalue weighted by Gasteiger charge is 2.20. The van der Waals surface area contributed by atoms with Crippen molar-refractivity contribution >= 4 is 5.97 Å². The lowest BCUT2D eigenvalue weighted by molar-refractivity contribution is 0.0696. The van der Waals surface area contributed by atoms with Gasteiger partial charge in [-0.1, -0.05) is 42.8 Å². The quantitative estimate of drug-likeness (QED) is 0.897. The van der Waals surface area contributed by atoms with Crippen molar-refractivity contribution in [2.75, 3.05) is 0 Å². The molecule has 4 nitrogen and oxygen atoms in total. The average Bonchev–Trinajstić information content (AvgIpc) is 2.73. The lowest BCUT2D eigenvalue weighted by Crippen LogP contribution is -1.99. The van der Waals surface area contributed by atoms with E-state index < -0.39 is 5.97 Å². The topological polar surface area (TPSA) is 63.3 Å².